The average molecular weight is 319 g/mol. The largest absolute Gasteiger partial charge is 0.467 e. The fraction of sp³-hybridized carbons (Fsp3) is 0.500. The van der Waals surface area contributed by atoms with E-state index in [1.165, 1.54) is 0 Å². The van der Waals surface area contributed by atoms with E-state index in [0.29, 0.717) is 11.9 Å². The van der Waals surface area contributed by atoms with Crippen molar-refractivity contribution in [2.75, 3.05) is 20.2 Å². The molecule has 0 aromatic carbocycles. The number of aliphatic hydroxyl groups is 1. The molecule has 22 heavy (non-hydrogen) atoms. The summed E-state index contributed by atoms with van der Waals surface area (Å²) in [7, 11) is 1.57. The van der Waals surface area contributed by atoms with Gasteiger partial charge in [0.05, 0.1) is 13.2 Å². The van der Waals surface area contributed by atoms with Crippen LogP contribution in [0.25, 0.3) is 0 Å². The lowest BCUT2D eigenvalue weighted by molar-refractivity contribution is 0.0590. The Balaban J connectivity index is 1.51. The van der Waals surface area contributed by atoms with E-state index < -0.39 is 0 Å². The Hall–Kier alpha value is -1.50. The number of aromatic nitrogens is 2. The minimum Gasteiger partial charge on any atom is -0.467 e. The molecule has 5 nitrogen and oxygen atoms in total. The van der Waals surface area contributed by atoms with E-state index in [4.69, 9.17) is 4.74 Å². The molecule has 1 saturated heterocycles. The molecule has 3 heterocycles. The van der Waals surface area contributed by atoms with Crippen molar-refractivity contribution in [3.8, 4) is 6.01 Å². The van der Waals surface area contributed by atoms with Crippen molar-refractivity contribution in [1.82, 2.24) is 14.9 Å². The van der Waals surface area contributed by atoms with Crippen LogP contribution in [0, 0.1) is 5.92 Å². The van der Waals surface area contributed by atoms with Crippen LogP contribution in [0.2, 0.25) is 0 Å². The van der Waals surface area contributed by atoms with Crippen LogP contribution in [0.4, 0.5) is 0 Å². The predicted octanol–water partition coefficient (Wildman–Crippen LogP) is 2.49. The second kappa shape index (κ2) is 7.17. The molecule has 1 aliphatic heterocycles. The molecule has 2 aromatic rings. The fourth-order valence-corrected chi connectivity index (χ4v) is 3.71. The molecule has 1 aliphatic rings. The number of hydrogen-bond acceptors (Lipinski definition) is 6. The molecule has 2 aromatic heterocycles. The monoisotopic (exact) mass is 319 g/mol. The Morgan fingerprint density at radius 3 is 2.68 bits per heavy atom. The smallest absolute Gasteiger partial charge is 0.316 e. The summed E-state index contributed by atoms with van der Waals surface area (Å²) in [6, 6.07) is 4.43. The summed E-state index contributed by atoms with van der Waals surface area (Å²) in [5, 5.41) is 12.5. The zero-order valence-corrected chi connectivity index (χ0v) is 13.5. The predicted molar refractivity (Wildman–Crippen MR) is 85.9 cm³/mol. The average Bonchev–Trinajstić information content (AvgIpc) is 3.10. The van der Waals surface area contributed by atoms with Crippen molar-refractivity contribution in [2.24, 2.45) is 5.92 Å². The fourth-order valence-electron chi connectivity index (χ4n) is 2.91. The Labute approximate surface area is 134 Å². The summed E-state index contributed by atoms with van der Waals surface area (Å²) in [5.41, 5.74) is 1.10. The molecule has 0 spiro atoms. The number of nitrogens with zero attached hydrogens (tertiary/aromatic N) is 3. The Morgan fingerprint density at radius 1 is 1.36 bits per heavy atom. The maximum atomic E-state index is 10.4. The molecule has 1 fully saturated rings. The number of aliphatic hydroxyl groups excluding tert-OH is 1. The molecule has 0 saturated carbocycles. The van der Waals surface area contributed by atoms with Crippen molar-refractivity contribution >= 4 is 11.3 Å². The number of hydrogen-bond donors (Lipinski definition) is 1. The summed E-state index contributed by atoms with van der Waals surface area (Å²) < 4.78 is 4.97. The number of ether oxygens (including phenoxy) is 1. The van der Waals surface area contributed by atoms with Crippen LogP contribution in [0.5, 0.6) is 6.01 Å². The number of likely N-dealkylation sites (tertiary alicyclic amines) is 1. The van der Waals surface area contributed by atoms with E-state index >= 15 is 0 Å². The lowest BCUT2D eigenvalue weighted by atomic mass is 9.90. The van der Waals surface area contributed by atoms with Gasteiger partial charge in [0.2, 0.25) is 0 Å². The number of rotatable bonds is 5. The third-order valence-corrected chi connectivity index (χ3v) is 5.13. The summed E-state index contributed by atoms with van der Waals surface area (Å²) in [4.78, 5) is 11.8. The molecule has 1 unspecified atom stereocenters. The molecule has 6 heteroatoms. The molecular formula is C16H21N3O2S. The van der Waals surface area contributed by atoms with E-state index in [1.807, 2.05) is 29.9 Å². The molecule has 1 atom stereocenters. The SMILES string of the molecule is COc1ncc(CN2CCC(C(O)c3cccs3)CC2)cn1. The standard InChI is InChI=1S/C16H21N3O2S/c1-21-16-17-9-12(10-18-16)11-19-6-4-13(5-7-19)15(20)14-3-2-8-22-14/h2-3,8-10,13,15,20H,4-7,11H2,1H3. The second-order valence-corrected chi connectivity index (χ2v) is 6.63. The van der Waals surface area contributed by atoms with Crippen LogP contribution >= 0.6 is 11.3 Å². The number of piperidine rings is 1. The first-order chi connectivity index (χ1) is 10.8. The number of thiophene rings is 1. The second-order valence-electron chi connectivity index (χ2n) is 5.65. The van der Waals surface area contributed by atoms with Crippen LogP contribution in [-0.4, -0.2) is 40.2 Å². The van der Waals surface area contributed by atoms with Crippen molar-refractivity contribution in [1.29, 1.82) is 0 Å². The summed E-state index contributed by atoms with van der Waals surface area (Å²) in [5.74, 6) is 0.363. The topological polar surface area (TPSA) is 58.5 Å². The van der Waals surface area contributed by atoms with Gasteiger partial charge < -0.3 is 9.84 Å². The van der Waals surface area contributed by atoms with Crippen molar-refractivity contribution < 1.29 is 9.84 Å². The highest BCUT2D eigenvalue weighted by atomic mass is 32.1. The van der Waals surface area contributed by atoms with Gasteiger partial charge in [-0.2, -0.15) is 0 Å². The minimum absolute atomic E-state index is 0.313. The highest BCUT2D eigenvalue weighted by Gasteiger charge is 2.26. The zero-order chi connectivity index (χ0) is 15.4. The normalized spacial score (nSPS) is 18.3. The lowest BCUT2D eigenvalue weighted by Crippen LogP contribution is -2.35. The van der Waals surface area contributed by atoms with Crippen molar-refractivity contribution in [2.45, 2.75) is 25.5 Å². The van der Waals surface area contributed by atoms with Gasteiger partial charge in [-0.15, -0.1) is 11.3 Å². The van der Waals surface area contributed by atoms with Crippen LogP contribution in [0.3, 0.4) is 0 Å². The molecular weight excluding hydrogens is 298 g/mol. The summed E-state index contributed by atoms with van der Waals surface area (Å²) in [6.45, 7) is 2.85. The van der Waals surface area contributed by atoms with Gasteiger partial charge in [-0.25, -0.2) is 9.97 Å². The van der Waals surface area contributed by atoms with Crippen LogP contribution in [-0.2, 0) is 6.54 Å². The highest BCUT2D eigenvalue weighted by molar-refractivity contribution is 7.10. The van der Waals surface area contributed by atoms with Crippen molar-refractivity contribution in [3.05, 3.63) is 40.3 Å². The Kier molecular flexibility index (Phi) is 5.02. The quantitative estimate of drug-likeness (QED) is 0.917. The first kappa shape index (κ1) is 15.4. The van der Waals surface area contributed by atoms with E-state index in [-0.39, 0.29) is 6.10 Å². The van der Waals surface area contributed by atoms with Gasteiger partial charge in [-0.3, -0.25) is 4.90 Å². The molecule has 0 bridgehead atoms. The molecule has 3 rings (SSSR count). The van der Waals surface area contributed by atoms with Crippen LogP contribution < -0.4 is 4.74 Å². The van der Waals surface area contributed by atoms with Gasteiger partial charge in [-0.05, 0) is 43.3 Å². The van der Waals surface area contributed by atoms with Gasteiger partial charge in [0, 0.05) is 29.4 Å². The first-order valence-electron chi connectivity index (χ1n) is 7.55. The molecule has 0 radical (unpaired) electrons. The van der Waals surface area contributed by atoms with E-state index in [0.717, 1.165) is 42.9 Å². The summed E-state index contributed by atoms with van der Waals surface area (Å²) >= 11 is 1.64. The first-order valence-corrected chi connectivity index (χ1v) is 8.43. The molecule has 1 N–H and O–H groups in total. The summed E-state index contributed by atoms with van der Waals surface area (Å²) in [6.07, 6.45) is 5.37. The van der Waals surface area contributed by atoms with Crippen LogP contribution in [0.15, 0.2) is 29.9 Å². The minimum atomic E-state index is -0.313. The van der Waals surface area contributed by atoms with Crippen molar-refractivity contribution in [3.63, 3.8) is 0 Å². The Bertz CT molecular complexity index is 566. The van der Waals surface area contributed by atoms with Gasteiger partial charge in [-0.1, -0.05) is 6.07 Å². The van der Waals surface area contributed by atoms with Gasteiger partial charge in [0.1, 0.15) is 0 Å². The molecule has 0 aliphatic carbocycles. The lowest BCUT2D eigenvalue weighted by Gasteiger charge is -2.33. The van der Waals surface area contributed by atoms with Crippen LogP contribution in [0.1, 0.15) is 29.4 Å². The van der Waals surface area contributed by atoms with E-state index in [1.54, 1.807) is 18.4 Å². The third kappa shape index (κ3) is 3.63. The van der Waals surface area contributed by atoms with E-state index in [9.17, 15) is 5.11 Å². The van der Waals surface area contributed by atoms with Gasteiger partial charge in [0.25, 0.3) is 0 Å². The highest BCUT2D eigenvalue weighted by Crippen LogP contribution is 2.33. The Morgan fingerprint density at radius 2 is 2.09 bits per heavy atom. The maximum Gasteiger partial charge on any atom is 0.316 e. The van der Waals surface area contributed by atoms with E-state index in [2.05, 4.69) is 14.9 Å². The number of methoxy groups -OCH3 is 1. The maximum absolute atomic E-state index is 10.4. The van der Waals surface area contributed by atoms with Gasteiger partial charge >= 0.3 is 6.01 Å². The third-order valence-electron chi connectivity index (χ3n) is 4.18. The molecule has 0 amide bonds. The van der Waals surface area contributed by atoms with Gasteiger partial charge in [0.15, 0.2) is 0 Å². The molecule has 118 valence electrons. The zero-order valence-electron chi connectivity index (χ0n) is 12.7.